The summed E-state index contributed by atoms with van der Waals surface area (Å²) in [6, 6.07) is 3.21. The van der Waals surface area contributed by atoms with Crippen LogP contribution in [0.1, 0.15) is 24.5 Å². The Bertz CT molecular complexity index is 339. The van der Waals surface area contributed by atoms with E-state index < -0.39 is 0 Å². The molecule has 0 spiro atoms. The summed E-state index contributed by atoms with van der Waals surface area (Å²) >= 11 is 6.05. The van der Waals surface area contributed by atoms with Gasteiger partial charge in [-0.3, -0.25) is 0 Å². The van der Waals surface area contributed by atoms with Crippen molar-refractivity contribution in [3.05, 3.63) is 34.1 Å². The van der Waals surface area contributed by atoms with Gasteiger partial charge in [0, 0.05) is 5.02 Å². The summed E-state index contributed by atoms with van der Waals surface area (Å²) in [5.74, 6) is 0.254. The van der Waals surface area contributed by atoms with Crippen LogP contribution in [0.5, 0.6) is 0 Å². The minimum atomic E-state index is -0.186. The molecule has 0 aliphatic heterocycles. The van der Waals surface area contributed by atoms with Gasteiger partial charge in [-0.1, -0.05) is 18.5 Å². The fourth-order valence-electron chi connectivity index (χ4n) is 1.61. The first-order chi connectivity index (χ1) is 7.04. The van der Waals surface area contributed by atoms with Gasteiger partial charge in [-0.15, -0.1) is 0 Å². The first-order valence-electron chi connectivity index (χ1n) is 5.19. The smallest absolute Gasteiger partial charge is 0.126 e. The quantitative estimate of drug-likeness (QED) is 0.842. The zero-order valence-corrected chi connectivity index (χ0v) is 9.94. The van der Waals surface area contributed by atoms with Crippen molar-refractivity contribution in [1.29, 1.82) is 0 Å². The molecule has 0 saturated carbocycles. The number of nitrogens with two attached hydrogens (primary N) is 1. The average Bonchev–Trinajstić information content (AvgIpc) is 2.14. The van der Waals surface area contributed by atoms with Gasteiger partial charge in [-0.05, 0) is 55.5 Å². The van der Waals surface area contributed by atoms with Crippen molar-refractivity contribution in [3.8, 4) is 0 Å². The van der Waals surface area contributed by atoms with Crippen LogP contribution >= 0.6 is 11.6 Å². The maximum absolute atomic E-state index is 13.3. The molecule has 84 valence electrons. The van der Waals surface area contributed by atoms with Crippen molar-refractivity contribution in [3.63, 3.8) is 0 Å². The molecule has 1 atom stereocenters. The first-order valence-corrected chi connectivity index (χ1v) is 5.57. The van der Waals surface area contributed by atoms with Crippen LogP contribution in [0.4, 0.5) is 4.39 Å². The highest BCUT2D eigenvalue weighted by Crippen LogP contribution is 2.23. The van der Waals surface area contributed by atoms with E-state index in [9.17, 15) is 4.39 Å². The molecule has 0 aliphatic rings. The molecule has 0 aromatic heterocycles. The predicted molar refractivity (Wildman–Crippen MR) is 62.7 cm³/mol. The number of hydrogen-bond acceptors (Lipinski definition) is 1. The van der Waals surface area contributed by atoms with Gasteiger partial charge in [0.2, 0.25) is 0 Å². The Morgan fingerprint density at radius 2 is 2.13 bits per heavy atom. The Morgan fingerprint density at radius 3 is 2.73 bits per heavy atom. The third-order valence-corrected chi connectivity index (χ3v) is 2.91. The molecule has 0 bridgehead atoms. The monoisotopic (exact) mass is 229 g/mol. The molecule has 1 aromatic carbocycles. The molecule has 0 amide bonds. The zero-order valence-electron chi connectivity index (χ0n) is 9.19. The molecule has 1 unspecified atom stereocenters. The topological polar surface area (TPSA) is 26.0 Å². The summed E-state index contributed by atoms with van der Waals surface area (Å²) in [5.41, 5.74) is 6.94. The van der Waals surface area contributed by atoms with E-state index in [0.717, 1.165) is 18.4 Å². The van der Waals surface area contributed by atoms with Crippen LogP contribution in [0.2, 0.25) is 5.02 Å². The van der Waals surface area contributed by atoms with Crippen LogP contribution in [0.25, 0.3) is 0 Å². The fraction of sp³-hybridized carbons (Fsp3) is 0.500. The van der Waals surface area contributed by atoms with E-state index >= 15 is 0 Å². The molecule has 1 nitrogen and oxygen atoms in total. The van der Waals surface area contributed by atoms with Crippen molar-refractivity contribution >= 4 is 11.6 Å². The standard InChI is InChI=1S/C12H17ClFN/c1-8(3-4-15)5-10-7-12(14)9(2)6-11(10)13/h6-8H,3-5,15H2,1-2H3. The van der Waals surface area contributed by atoms with Gasteiger partial charge in [0.25, 0.3) is 0 Å². The third kappa shape index (κ3) is 3.47. The molecule has 1 aromatic rings. The molecule has 2 N–H and O–H groups in total. The molecule has 0 aliphatic carbocycles. The third-order valence-electron chi connectivity index (χ3n) is 2.56. The normalized spacial score (nSPS) is 12.9. The van der Waals surface area contributed by atoms with Crippen LogP contribution in [0, 0.1) is 18.7 Å². The highest BCUT2D eigenvalue weighted by molar-refractivity contribution is 6.31. The molecule has 3 heteroatoms. The maximum Gasteiger partial charge on any atom is 0.126 e. The molecule has 0 fully saturated rings. The van der Waals surface area contributed by atoms with Gasteiger partial charge in [0.05, 0.1) is 0 Å². The summed E-state index contributed by atoms with van der Waals surface area (Å²) in [6.45, 7) is 4.47. The van der Waals surface area contributed by atoms with Gasteiger partial charge >= 0.3 is 0 Å². The predicted octanol–water partition coefficient (Wildman–Crippen LogP) is 3.31. The SMILES string of the molecule is Cc1cc(Cl)c(CC(C)CCN)cc1F. The minimum absolute atomic E-state index is 0.186. The molecule has 0 heterocycles. The van der Waals surface area contributed by atoms with Gasteiger partial charge in [0.15, 0.2) is 0 Å². The Kier molecular flexibility index (Phi) is 4.55. The van der Waals surface area contributed by atoms with Crippen molar-refractivity contribution in [1.82, 2.24) is 0 Å². The first kappa shape index (κ1) is 12.5. The second-order valence-corrected chi connectivity index (χ2v) is 4.49. The van der Waals surface area contributed by atoms with Crippen LogP contribution in [-0.4, -0.2) is 6.54 Å². The molecular formula is C12H17ClFN. The highest BCUT2D eigenvalue weighted by atomic mass is 35.5. The number of benzene rings is 1. The lowest BCUT2D eigenvalue weighted by Crippen LogP contribution is -2.08. The second kappa shape index (κ2) is 5.47. The van der Waals surface area contributed by atoms with E-state index in [0.29, 0.717) is 23.0 Å². The number of halogens is 2. The van der Waals surface area contributed by atoms with Crippen LogP contribution in [0.3, 0.4) is 0 Å². The Hall–Kier alpha value is -0.600. The summed E-state index contributed by atoms with van der Waals surface area (Å²) in [4.78, 5) is 0. The van der Waals surface area contributed by atoms with Crippen molar-refractivity contribution in [2.45, 2.75) is 26.7 Å². The van der Waals surface area contributed by atoms with Crippen LogP contribution in [0.15, 0.2) is 12.1 Å². The lowest BCUT2D eigenvalue weighted by atomic mass is 9.97. The molecule has 0 saturated heterocycles. The van der Waals surface area contributed by atoms with Crippen LogP contribution < -0.4 is 5.73 Å². The highest BCUT2D eigenvalue weighted by Gasteiger charge is 2.09. The molecular weight excluding hydrogens is 213 g/mol. The number of aryl methyl sites for hydroxylation is 1. The average molecular weight is 230 g/mol. The fourth-order valence-corrected chi connectivity index (χ4v) is 1.90. The van der Waals surface area contributed by atoms with Crippen molar-refractivity contribution < 1.29 is 4.39 Å². The lowest BCUT2D eigenvalue weighted by molar-refractivity contribution is 0.535. The van der Waals surface area contributed by atoms with Gasteiger partial charge in [0.1, 0.15) is 5.82 Å². The molecule has 0 radical (unpaired) electrons. The van der Waals surface area contributed by atoms with E-state index in [4.69, 9.17) is 17.3 Å². The Labute approximate surface area is 95.4 Å². The second-order valence-electron chi connectivity index (χ2n) is 4.08. The Balaban J connectivity index is 2.81. The van der Waals surface area contributed by atoms with Crippen molar-refractivity contribution in [2.24, 2.45) is 11.7 Å². The molecule has 1 rings (SSSR count). The summed E-state index contributed by atoms with van der Waals surface area (Å²) in [5, 5.41) is 0.651. The molecule has 15 heavy (non-hydrogen) atoms. The number of hydrogen-bond donors (Lipinski definition) is 1. The van der Waals surface area contributed by atoms with E-state index in [1.807, 2.05) is 0 Å². The maximum atomic E-state index is 13.3. The summed E-state index contributed by atoms with van der Waals surface area (Å²) in [7, 11) is 0. The van der Waals surface area contributed by atoms with Gasteiger partial charge in [-0.2, -0.15) is 0 Å². The Morgan fingerprint density at radius 1 is 1.47 bits per heavy atom. The largest absolute Gasteiger partial charge is 0.330 e. The van der Waals surface area contributed by atoms with Gasteiger partial charge < -0.3 is 5.73 Å². The van der Waals surface area contributed by atoms with E-state index in [1.54, 1.807) is 13.0 Å². The van der Waals surface area contributed by atoms with Gasteiger partial charge in [-0.25, -0.2) is 4.39 Å². The number of rotatable bonds is 4. The van der Waals surface area contributed by atoms with Crippen LogP contribution in [-0.2, 0) is 6.42 Å². The lowest BCUT2D eigenvalue weighted by Gasteiger charge is -2.12. The zero-order chi connectivity index (χ0) is 11.4. The van der Waals surface area contributed by atoms with E-state index in [2.05, 4.69) is 6.92 Å². The summed E-state index contributed by atoms with van der Waals surface area (Å²) < 4.78 is 13.3. The van der Waals surface area contributed by atoms with Crippen molar-refractivity contribution in [2.75, 3.05) is 6.54 Å². The minimum Gasteiger partial charge on any atom is -0.330 e. The van der Waals surface area contributed by atoms with E-state index in [1.165, 1.54) is 6.07 Å². The van der Waals surface area contributed by atoms with E-state index in [-0.39, 0.29) is 5.82 Å². The summed E-state index contributed by atoms with van der Waals surface area (Å²) in [6.07, 6.45) is 1.72.